The maximum atomic E-state index is 13.6. The van der Waals surface area contributed by atoms with Crippen LogP contribution in [0.3, 0.4) is 0 Å². The Bertz CT molecular complexity index is 420. The van der Waals surface area contributed by atoms with Crippen LogP contribution >= 0.6 is 27.5 Å². The smallest absolute Gasteiger partial charge is 0.256 e. The predicted molar refractivity (Wildman–Crippen MR) is 59.6 cm³/mol. The molecule has 0 saturated heterocycles. The number of hydrogen-bond acceptors (Lipinski definition) is 1. The third-order valence-electron chi connectivity index (χ3n) is 2.18. The molecule has 1 saturated carbocycles. The number of carbonyl (C=O) groups is 1. The molecule has 0 heterocycles. The van der Waals surface area contributed by atoms with Crippen LogP contribution in [0.1, 0.15) is 23.2 Å². The number of halogens is 3. The number of carbonyl (C=O) groups excluding carboxylic acids is 1. The zero-order valence-electron chi connectivity index (χ0n) is 7.69. The molecule has 0 unspecified atom stereocenters. The fourth-order valence-corrected chi connectivity index (χ4v) is 1.78. The van der Waals surface area contributed by atoms with Gasteiger partial charge in [0.05, 0.1) is 15.1 Å². The normalized spacial score (nSPS) is 15.1. The minimum atomic E-state index is -0.611. The molecule has 80 valence electrons. The van der Waals surface area contributed by atoms with Crippen molar-refractivity contribution in [3.63, 3.8) is 0 Å². The monoisotopic (exact) mass is 291 g/mol. The van der Waals surface area contributed by atoms with Gasteiger partial charge >= 0.3 is 0 Å². The van der Waals surface area contributed by atoms with E-state index in [9.17, 15) is 9.18 Å². The molecule has 1 aromatic carbocycles. The van der Waals surface area contributed by atoms with E-state index in [2.05, 4.69) is 21.2 Å². The maximum Gasteiger partial charge on any atom is 0.256 e. The minimum Gasteiger partial charge on any atom is -0.349 e. The summed E-state index contributed by atoms with van der Waals surface area (Å²) in [5.41, 5.74) is -0.0852. The molecule has 2 rings (SSSR count). The van der Waals surface area contributed by atoms with Crippen LogP contribution in [0.5, 0.6) is 0 Å². The first-order valence-electron chi connectivity index (χ1n) is 4.54. The lowest BCUT2D eigenvalue weighted by atomic mass is 10.2. The molecule has 0 radical (unpaired) electrons. The Morgan fingerprint density at radius 3 is 2.80 bits per heavy atom. The van der Waals surface area contributed by atoms with Gasteiger partial charge in [-0.15, -0.1) is 0 Å². The highest BCUT2D eigenvalue weighted by Gasteiger charge is 2.26. The quantitative estimate of drug-likeness (QED) is 0.834. The van der Waals surface area contributed by atoms with E-state index >= 15 is 0 Å². The Kier molecular flexibility index (Phi) is 2.98. The van der Waals surface area contributed by atoms with Crippen LogP contribution in [0.15, 0.2) is 16.6 Å². The molecule has 1 N–H and O–H groups in total. The predicted octanol–water partition coefficient (Wildman–Crippen LogP) is 3.13. The molecule has 15 heavy (non-hydrogen) atoms. The molecule has 0 bridgehead atoms. The molecule has 1 fully saturated rings. The molecular weight excluding hydrogens is 284 g/mol. The standard InChI is InChI=1S/C10H8BrClFNO/c11-6-3-4-7(12)8(9(6)13)10(15)14-5-1-2-5/h3-5H,1-2H2,(H,14,15). The summed E-state index contributed by atoms with van der Waals surface area (Å²) < 4.78 is 13.8. The van der Waals surface area contributed by atoms with Crippen LogP contribution in [-0.2, 0) is 0 Å². The van der Waals surface area contributed by atoms with E-state index < -0.39 is 11.7 Å². The van der Waals surface area contributed by atoms with Gasteiger partial charge in [0.25, 0.3) is 5.91 Å². The van der Waals surface area contributed by atoms with Crippen molar-refractivity contribution in [3.05, 3.63) is 33.0 Å². The summed E-state index contributed by atoms with van der Waals surface area (Å²) in [4.78, 5) is 11.6. The van der Waals surface area contributed by atoms with E-state index in [0.717, 1.165) is 12.8 Å². The first kappa shape index (κ1) is 10.9. The Balaban J connectivity index is 2.32. The maximum absolute atomic E-state index is 13.6. The first-order chi connectivity index (χ1) is 7.09. The van der Waals surface area contributed by atoms with Gasteiger partial charge in [-0.1, -0.05) is 11.6 Å². The van der Waals surface area contributed by atoms with Crippen molar-refractivity contribution in [1.82, 2.24) is 5.32 Å². The number of nitrogens with one attached hydrogen (secondary N) is 1. The van der Waals surface area contributed by atoms with Crippen LogP contribution in [0.25, 0.3) is 0 Å². The fraction of sp³-hybridized carbons (Fsp3) is 0.300. The minimum absolute atomic E-state index is 0.0852. The molecule has 5 heteroatoms. The van der Waals surface area contributed by atoms with Gasteiger partial charge in [0.15, 0.2) is 5.82 Å². The summed E-state index contributed by atoms with van der Waals surface area (Å²) in [5.74, 6) is -1.05. The van der Waals surface area contributed by atoms with Gasteiger partial charge in [0.1, 0.15) is 0 Å². The van der Waals surface area contributed by atoms with Gasteiger partial charge in [-0.3, -0.25) is 4.79 Å². The van der Waals surface area contributed by atoms with Gasteiger partial charge in [-0.05, 0) is 40.9 Å². The molecule has 0 atom stereocenters. The van der Waals surface area contributed by atoms with Crippen molar-refractivity contribution in [3.8, 4) is 0 Å². The van der Waals surface area contributed by atoms with E-state index in [-0.39, 0.29) is 21.1 Å². The third kappa shape index (κ3) is 2.32. The highest BCUT2D eigenvalue weighted by atomic mass is 79.9. The Morgan fingerprint density at radius 2 is 2.20 bits per heavy atom. The highest BCUT2D eigenvalue weighted by molar-refractivity contribution is 9.10. The average molecular weight is 293 g/mol. The molecule has 1 amide bonds. The van der Waals surface area contributed by atoms with E-state index in [1.54, 1.807) is 0 Å². The van der Waals surface area contributed by atoms with Crippen LogP contribution in [0, 0.1) is 5.82 Å². The molecular formula is C10H8BrClFNO. The number of rotatable bonds is 2. The lowest BCUT2D eigenvalue weighted by molar-refractivity contribution is 0.0947. The molecule has 0 aliphatic heterocycles. The van der Waals surface area contributed by atoms with E-state index in [1.807, 2.05) is 0 Å². The molecule has 1 aromatic rings. The summed E-state index contributed by atoms with van der Waals surface area (Å²) in [6.45, 7) is 0. The summed E-state index contributed by atoms with van der Waals surface area (Å²) >= 11 is 8.80. The lowest BCUT2D eigenvalue weighted by Crippen LogP contribution is -2.26. The van der Waals surface area contributed by atoms with Crippen LogP contribution in [0.4, 0.5) is 4.39 Å². The van der Waals surface area contributed by atoms with Crippen molar-refractivity contribution >= 4 is 33.4 Å². The SMILES string of the molecule is O=C(NC1CC1)c1c(Cl)ccc(Br)c1F. The van der Waals surface area contributed by atoms with E-state index in [4.69, 9.17) is 11.6 Å². The second-order valence-corrected chi connectivity index (χ2v) is 4.73. The molecule has 1 aliphatic carbocycles. The number of amides is 1. The van der Waals surface area contributed by atoms with Crippen molar-refractivity contribution in [2.45, 2.75) is 18.9 Å². The summed E-state index contributed by atoms with van der Waals surface area (Å²) in [6.07, 6.45) is 1.91. The largest absolute Gasteiger partial charge is 0.349 e. The van der Waals surface area contributed by atoms with Crippen LogP contribution < -0.4 is 5.32 Å². The Hall–Kier alpha value is -0.610. The summed E-state index contributed by atoms with van der Waals surface area (Å²) in [5, 5.41) is 2.83. The number of benzene rings is 1. The second kappa shape index (κ2) is 4.10. The van der Waals surface area contributed by atoms with Gasteiger partial charge in [-0.25, -0.2) is 4.39 Å². The average Bonchev–Trinajstić information content (AvgIpc) is 2.96. The zero-order chi connectivity index (χ0) is 11.0. The lowest BCUT2D eigenvalue weighted by Gasteiger charge is -2.07. The molecule has 1 aliphatic rings. The molecule has 0 spiro atoms. The summed E-state index contributed by atoms with van der Waals surface area (Å²) in [7, 11) is 0. The topological polar surface area (TPSA) is 29.1 Å². The van der Waals surface area contributed by atoms with Gasteiger partial charge < -0.3 is 5.32 Å². The number of hydrogen-bond donors (Lipinski definition) is 1. The van der Waals surface area contributed by atoms with Gasteiger partial charge in [-0.2, -0.15) is 0 Å². The van der Waals surface area contributed by atoms with Gasteiger partial charge in [0.2, 0.25) is 0 Å². The van der Waals surface area contributed by atoms with E-state index in [0.29, 0.717) is 0 Å². The zero-order valence-corrected chi connectivity index (χ0v) is 10.0. The second-order valence-electron chi connectivity index (χ2n) is 3.47. The van der Waals surface area contributed by atoms with Crippen molar-refractivity contribution in [2.75, 3.05) is 0 Å². The highest BCUT2D eigenvalue weighted by Crippen LogP contribution is 2.27. The molecule has 0 aromatic heterocycles. The van der Waals surface area contributed by atoms with Crippen LogP contribution in [0.2, 0.25) is 5.02 Å². The van der Waals surface area contributed by atoms with Crippen molar-refractivity contribution in [1.29, 1.82) is 0 Å². The Labute approximate surface area is 99.9 Å². The van der Waals surface area contributed by atoms with Crippen LogP contribution in [-0.4, -0.2) is 11.9 Å². The first-order valence-corrected chi connectivity index (χ1v) is 5.71. The molecule has 2 nitrogen and oxygen atoms in total. The third-order valence-corrected chi connectivity index (χ3v) is 3.11. The van der Waals surface area contributed by atoms with Gasteiger partial charge in [0, 0.05) is 6.04 Å². The van der Waals surface area contributed by atoms with Crippen molar-refractivity contribution in [2.24, 2.45) is 0 Å². The fourth-order valence-electron chi connectivity index (χ4n) is 1.22. The van der Waals surface area contributed by atoms with E-state index in [1.165, 1.54) is 12.1 Å². The summed E-state index contributed by atoms with van der Waals surface area (Å²) in [6, 6.07) is 3.16. The Morgan fingerprint density at radius 1 is 1.53 bits per heavy atom. The van der Waals surface area contributed by atoms with Crippen molar-refractivity contribution < 1.29 is 9.18 Å².